The summed E-state index contributed by atoms with van der Waals surface area (Å²) in [4.78, 5) is 17.4. The molecule has 3 aromatic rings. The molecular formula is C19H19N3O3. The maximum absolute atomic E-state index is 12.8. The van der Waals surface area contributed by atoms with E-state index in [9.17, 15) is 4.79 Å². The topological polar surface area (TPSA) is 65.4 Å². The van der Waals surface area contributed by atoms with Crippen LogP contribution < -0.4 is 14.8 Å². The van der Waals surface area contributed by atoms with Crippen molar-refractivity contribution >= 4 is 22.9 Å². The summed E-state index contributed by atoms with van der Waals surface area (Å²) < 4.78 is 12.8. The molecule has 0 fully saturated rings. The summed E-state index contributed by atoms with van der Waals surface area (Å²) in [6.07, 6.45) is 0. The number of imidazole rings is 1. The number of benzene rings is 2. The third-order valence-corrected chi connectivity index (χ3v) is 4.10. The van der Waals surface area contributed by atoms with E-state index in [0.717, 1.165) is 11.0 Å². The molecule has 1 aliphatic heterocycles. The normalized spacial score (nSPS) is 13.2. The van der Waals surface area contributed by atoms with Gasteiger partial charge in [-0.2, -0.15) is 0 Å². The van der Waals surface area contributed by atoms with Crippen LogP contribution in [-0.4, -0.2) is 22.3 Å². The van der Waals surface area contributed by atoms with Crippen LogP contribution in [0.2, 0.25) is 0 Å². The summed E-state index contributed by atoms with van der Waals surface area (Å²) in [7, 11) is 0. The van der Waals surface area contributed by atoms with Crippen molar-refractivity contribution in [3.63, 3.8) is 0 Å². The Hall–Kier alpha value is -3.02. The predicted molar refractivity (Wildman–Crippen MR) is 95.2 cm³/mol. The fraction of sp³-hybridized carbons (Fsp3) is 0.263. The Labute approximate surface area is 145 Å². The Balaban J connectivity index is 1.77. The number of anilines is 1. The molecule has 25 heavy (non-hydrogen) atoms. The van der Waals surface area contributed by atoms with Gasteiger partial charge in [0.05, 0.1) is 16.6 Å². The molecule has 1 aromatic heterocycles. The molecule has 2 aromatic carbocycles. The summed E-state index contributed by atoms with van der Waals surface area (Å²) >= 11 is 0. The van der Waals surface area contributed by atoms with E-state index in [1.807, 2.05) is 28.8 Å². The average molecular weight is 337 g/mol. The van der Waals surface area contributed by atoms with Crippen LogP contribution >= 0.6 is 0 Å². The molecule has 0 spiro atoms. The van der Waals surface area contributed by atoms with Gasteiger partial charge in [0.25, 0.3) is 5.91 Å². The number of fused-ring (bicyclic) bond motifs is 2. The van der Waals surface area contributed by atoms with E-state index in [1.165, 1.54) is 0 Å². The zero-order chi connectivity index (χ0) is 17.6. The molecule has 0 unspecified atom stereocenters. The van der Waals surface area contributed by atoms with Crippen molar-refractivity contribution in [2.24, 2.45) is 0 Å². The van der Waals surface area contributed by atoms with Gasteiger partial charge in [-0.05, 0) is 45.0 Å². The highest BCUT2D eigenvalue weighted by molar-refractivity contribution is 6.06. The summed E-state index contributed by atoms with van der Waals surface area (Å²) in [5.74, 6) is 1.29. The molecule has 128 valence electrons. The predicted octanol–water partition coefficient (Wildman–Crippen LogP) is 3.77. The monoisotopic (exact) mass is 337 g/mol. The van der Waals surface area contributed by atoms with E-state index < -0.39 is 0 Å². The molecule has 1 amide bonds. The van der Waals surface area contributed by atoms with Gasteiger partial charge in [0.2, 0.25) is 12.7 Å². The van der Waals surface area contributed by atoms with Gasteiger partial charge in [-0.15, -0.1) is 0 Å². The SMILES string of the molecule is CC(C)(C)n1c(NC(=O)c2cccc3c2OCO3)nc2ccccc21. The van der Waals surface area contributed by atoms with Gasteiger partial charge >= 0.3 is 0 Å². The van der Waals surface area contributed by atoms with Crippen LogP contribution in [-0.2, 0) is 5.54 Å². The average Bonchev–Trinajstić information content (AvgIpc) is 3.17. The zero-order valence-electron chi connectivity index (χ0n) is 14.4. The van der Waals surface area contributed by atoms with Gasteiger partial charge in [0, 0.05) is 5.54 Å². The molecule has 0 aliphatic carbocycles. The number of para-hydroxylation sites is 3. The number of nitrogens with one attached hydrogen (secondary N) is 1. The molecule has 0 atom stereocenters. The Kier molecular flexibility index (Phi) is 3.42. The maximum Gasteiger partial charge on any atom is 0.261 e. The van der Waals surface area contributed by atoms with Crippen molar-refractivity contribution in [3.05, 3.63) is 48.0 Å². The van der Waals surface area contributed by atoms with Crippen molar-refractivity contribution in [1.82, 2.24) is 9.55 Å². The first-order valence-corrected chi connectivity index (χ1v) is 8.13. The van der Waals surface area contributed by atoms with Crippen molar-refractivity contribution in [2.45, 2.75) is 26.3 Å². The minimum Gasteiger partial charge on any atom is -0.454 e. The molecule has 2 heterocycles. The second kappa shape index (κ2) is 5.51. The molecule has 1 N–H and O–H groups in total. The lowest BCUT2D eigenvalue weighted by Gasteiger charge is -2.24. The molecule has 0 radical (unpaired) electrons. The standard InChI is InChI=1S/C19H19N3O3/c1-19(2,3)22-14-9-5-4-8-13(14)20-18(22)21-17(23)12-7-6-10-15-16(12)25-11-24-15/h4-10H,11H2,1-3H3,(H,20,21,23). The van der Waals surface area contributed by atoms with E-state index in [-0.39, 0.29) is 18.2 Å². The van der Waals surface area contributed by atoms with Crippen LogP contribution in [0.25, 0.3) is 11.0 Å². The lowest BCUT2D eigenvalue weighted by atomic mass is 10.1. The van der Waals surface area contributed by atoms with Gasteiger partial charge in [-0.25, -0.2) is 4.98 Å². The number of carbonyl (C=O) groups is 1. The van der Waals surface area contributed by atoms with Crippen LogP contribution in [0.3, 0.4) is 0 Å². The van der Waals surface area contributed by atoms with Crippen LogP contribution in [0.5, 0.6) is 11.5 Å². The first kappa shape index (κ1) is 15.5. The summed E-state index contributed by atoms with van der Waals surface area (Å²) in [6, 6.07) is 13.1. The molecule has 4 rings (SSSR count). The summed E-state index contributed by atoms with van der Waals surface area (Å²) in [5, 5.41) is 2.93. The maximum atomic E-state index is 12.8. The highest BCUT2D eigenvalue weighted by Gasteiger charge is 2.26. The Bertz CT molecular complexity index is 970. The number of amides is 1. The summed E-state index contributed by atoms with van der Waals surface area (Å²) in [6.45, 7) is 6.36. The second-order valence-electron chi connectivity index (χ2n) is 6.92. The summed E-state index contributed by atoms with van der Waals surface area (Å²) in [5.41, 5.74) is 2.01. The fourth-order valence-electron chi connectivity index (χ4n) is 3.07. The van der Waals surface area contributed by atoms with Crippen molar-refractivity contribution in [1.29, 1.82) is 0 Å². The number of hydrogen-bond acceptors (Lipinski definition) is 4. The van der Waals surface area contributed by atoms with E-state index in [4.69, 9.17) is 9.47 Å². The van der Waals surface area contributed by atoms with Crippen molar-refractivity contribution < 1.29 is 14.3 Å². The smallest absolute Gasteiger partial charge is 0.261 e. The number of rotatable bonds is 2. The van der Waals surface area contributed by atoms with Gasteiger partial charge < -0.3 is 14.0 Å². The molecule has 0 saturated carbocycles. The van der Waals surface area contributed by atoms with Crippen molar-refractivity contribution in [2.75, 3.05) is 12.1 Å². The Morgan fingerprint density at radius 1 is 1.12 bits per heavy atom. The largest absolute Gasteiger partial charge is 0.454 e. The molecule has 6 heteroatoms. The van der Waals surface area contributed by atoms with E-state index in [1.54, 1.807) is 18.2 Å². The number of aromatic nitrogens is 2. The van der Waals surface area contributed by atoms with Crippen LogP contribution in [0.1, 0.15) is 31.1 Å². The molecule has 0 saturated heterocycles. The first-order valence-electron chi connectivity index (χ1n) is 8.13. The van der Waals surface area contributed by atoms with Gasteiger partial charge in [-0.3, -0.25) is 10.1 Å². The highest BCUT2D eigenvalue weighted by Crippen LogP contribution is 2.36. The molecular weight excluding hydrogens is 318 g/mol. The molecule has 0 bridgehead atoms. The zero-order valence-corrected chi connectivity index (χ0v) is 14.4. The second-order valence-corrected chi connectivity index (χ2v) is 6.92. The van der Waals surface area contributed by atoms with Gasteiger partial charge in [0.1, 0.15) is 0 Å². The minimum absolute atomic E-state index is 0.125. The first-order chi connectivity index (χ1) is 11.9. The van der Waals surface area contributed by atoms with Crippen LogP contribution in [0, 0.1) is 0 Å². The lowest BCUT2D eigenvalue weighted by molar-refractivity contribution is 0.102. The van der Waals surface area contributed by atoms with Crippen molar-refractivity contribution in [3.8, 4) is 11.5 Å². The third-order valence-electron chi connectivity index (χ3n) is 4.10. The molecule has 1 aliphatic rings. The van der Waals surface area contributed by atoms with Crippen LogP contribution in [0.4, 0.5) is 5.95 Å². The van der Waals surface area contributed by atoms with Gasteiger partial charge in [0.15, 0.2) is 11.5 Å². The quantitative estimate of drug-likeness (QED) is 0.773. The van der Waals surface area contributed by atoms with E-state index in [0.29, 0.717) is 23.0 Å². The highest BCUT2D eigenvalue weighted by atomic mass is 16.7. The molecule has 6 nitrogen and oxygen atoms in total. The number of hydrogen-bond donors (Lipinski definition) is 1. The number of carbonyl (C=O) groups excluding carboxylic acids is 1. The lowest BCUT2D eigenvalue weighted by Crippen LogP contribution is -2.26. The number of nitrogens with zero attached hydrogens (tertiary/aromatic N) is 2. The van der Waals surface area contributed by atoms with Crippen LogP contribution in [0.15, 0.2) is 42.5 Å². The number of ether oxygens (including phenoxy) is 2. The fourth-order valence-corrected chi connectivity index (χ4v) is 3.07. The Morgan fingerprint density at radius 3 is 2.72 bits per heavy atom. The Morgan fingerprint density at radius 2 is 1.92 bits per heavy atom. The third kappa shape index (κ3) is 2.59. The van der Waals surface area contributed by atoms with E-state index in [2.05, 4.69) is 31.1 Å². The minimum atomic E-state index is -0.275. The van der Waals surface area contributed by atoms with E-state index >= 15 is 0 Å². The van der Waals surface area contributed by atoms with Gasteiger partial charge in [-0.1, -0.05) is 18.2 Å².